The lowest BCUT2D eigenvalue weighted by molar-refractivity contribution is -0.274. The molecule has 1 atom stereocenters. The fraction of sp³-hybridized carbons (Fsp3) is 0.588. The van der Waals surface area contributed by atoms with Crippen LogP contribution in [0.2, 0.25) is 0 Å². The Morgan fingerprint density at radius 2 is 2.16 bits per heavy atom. The molecule has 25 heavy (non-hydrogen) atoms. The van der Waals surface area contributed by atoms with Gasteiger partial charge in [-0.3, -0.25) is 0 Å². The van der Waals surface area contributed by atoms with Crippen molar-refractivity contribution in [3.8, 4) is 5.75 Å². The van der Waals surface area contributed by atoms with Crippen molar-refractivity contribution in [2.45, 2.75) is 26.3 Å². The number of alkyl halides is 3. The van der Waals surface area contributed by atoms with Gasteiger partial charge in [-0.15, -0.1) is 13.2 Å². The summed E-state index contributed by atoms with van der Waals surface area (Å²) in [6.07, 6.45) is -3.71. The highest BCUT2D eigenvalue weighted by molar-refractivity contribution is 5.79. The Hall–Kier alpha value is -1.96. The third-order valence-electron chi connectivity index (χ3n) is 3.85. The molecule has 0 radical (unpaired) electrons. The van der Waals surface area contributed by atoms with Crippen molar-refractivity contribution in [2.24, 2.45) is 10.9 Å². The maximum Gasteiger partial charge on any atom is 0.573 e. The number of hydrogen-bond acceptors (Lipinski definition) is 3. The fourth-order valence-electron chi connectivity index (χ4n) is 2.69. The van der Waals surface area contributed by atoms with Crippen molar-refractivity contribution < 1.29 is 22.6 Å². The zero-order valence-corrected chi connectivity index (χ0v) is 14.5. The largest absolute Gasteiger partial charge is 0.573 e. The molecule has 1 saturated heterocycles. The van der Waals surface area contributed by atoms with E-state index in [2.05, 4.69) is 15.0 Å². The lowest BCUT2D eigenvalue weighted by Crippen LogP contribution is -2.41. The number of benzene rings is 1. The first-order valence-electron chi connectivity index (χ1n) is 8.30. The SMILES string of the molecule is CCNC(=NCc1ccccc1OC(F)(F)F)N(C)CC1CCOC1. The molecule has 0 bridgehead atoms. The molecule has 0 aliphatic carbocycles. The van der Waals surface area contributed by atoms with Gasteiger partial charge in [-0.25, -0.2) is 4.99 Å². The van der Waals surface area contributed by atoms with E-state index in [1.54, 1.807) is 12.1 Å². The maximum absolute atomic E-state index is 12.5. The predicted molar refractivity (Wildman–Crippen MR) is 89.5 cm³/mol. The predicted octanol–water partition coefficient (Wildman–Crippen LogP) is 3.02. The molecule has 0 aromatic heterocycles. The highest BCUT2D eigenvalue weighted by atomic mass is 19.4. The summed E-state index contributed by atoms with van der Waals surface area (Å²) in [5.74, 6) is 0.868. The summed E-state index contributed by atoms with van der Waals surface area (Å²) in [5.41, 5.74) is 0.382. The number of rotatable bonds is 6. The topological polar surface area (TPSA) is 46.1 Å². The first-order valence-corrected chi connectivity index (χ1v) is 8.30. The van der Waals surface area contributed by atoms with Crippen LogP contribution in [-0.4, -0.2) is 50.6 Å². The third-order valence-corrected chi connectivity index (χ3v) is 3.85. The van der Waals surface area contributed by atoms with Crippen LogP contribution in [0.3, 0.4) is 0 Å². The Morgan fingerprint density at radius 3 is 2.80 bits per heavy atom. The van der Waals surface area contributed by atoms with Crippen LogP contribution in [0.25, 0.3) is 0 Å². The molecule has 1 aromatic carbocycles. The standard InChI is InChI=1S/C17H24F3N3O2/c1-3-21-16(23(2)11-13-8-9-24-12-13)22-10-14-6-4-5-7-15(14)25-17(18,19)20/h4-7,13H,3,8-12H2,1-2H3,(H,21,22). The van der Waals surface area contributed by atoms with Crippen LogP contribution in [0.1, 0.15) is 18.9 Å². The second-order valence-electron chi connectivity index (χ2n) is 5.94. The summed E-state index contributed by atoms with van der Waals surface area (Å²) in [7, 11) is 1.91. The zero-order chi connectivity index (χ0) is 18.3. The number of nitrogens with zero attached hydrogens (tertiary/aromatic N) is 2. The van der Waals surface area contributed by atoms with E-state index in [1.807, 2.05) is 18.9 Å². The molecule has 0 spiro atoms. The van der Waals surface area contributed by atoms with Crippen LogP contribution in [0.5, 0.6) is 5.75 Å². The molecule has 5 nitrogen and oxygen atoms in total. The van der Waals surface area contributed by atoms with Gasteiger partial charge in [0.15, 0.2) is 5.96 Å². The average molecular weight is 359 g/mol. The van der Waals surface area contributed by atoms with Gasteiger partial charge in [0.2, 0.25) is 0 Å². The van der Waals surface area contributed by atoms with Gasteiger partial charge in [-0.2, -0.15) is 0 Å². The molecule has 1 N–H and O–H groups in total. The molecular weight excluding hydrogens is 335 g/mol. The van der Waals surface area contributed by atoms with Crippen molar-refractivity contribution in [3.63, 3.8) is 0 Å². The highest BCUT2D eigenvalue weighted by Crippen LogP contribution is 2.26. The molecule has 0 saturated carbocycles. The van der Waals surface area contributed by atoms with E-state index in [0.717, 1.165) is 26.2 Å². The number of ether oxygens (including phenoxy) is 2. The summed E-state index contributed by atoms with van der Waals surface area (Å²) >= 11 is 0. The number of halogens is 3. The normalized spacial score (nSPS) is 18.3. The third kappa shape index (κ3) is 6.45. The van der Waals surface area contributed by atoms with E-state index in [4.69, 9.17) is 4.74 Å². The van der Waals surface area contributed by atoms with Gasteiger partial charge >= 0.3 is 6.36 Å². The number of guanidine groups is 1. The van der Waals surface area contributed by atoms with Crippen molar-refractivity contribution in [2.75, 3.05) is 33.4 Å². The second kappa shape index (κ2) is 8.94. The van der Waals surface area contributed by atoms with Crippen LogP contribution < -0.4 is 10.1 Å². The minimum absolute atomic E-state index is 0.0973. The molecule has 8 heteroatoms. The van der Waals surface area contributed by atoms with E-state index in [1.165, 1.54) is 12.1 Å². The van der Waals surface area contributed by atoms with Gasteiger partial charge in [-0.1, -0.05) is 18.2 Å². The van der Waals surface area contributed by atoms with Gasteiger partial charge in [-0.05, 0) is 19.4 Å². The molecule has 140 valence electrons. The second-order valence-corrected chi connectivity index (χ2v) is 5.94. The summed E-state index contributed by atoms with van der Waals surface area (Å²) < 4.78 is 47.0. The van der Waals surface area contributed by atoms with E-state index < -0.39 is 6.36 Å². The highest BCUT2D eigenvalue weighted by Gasteiger charge is 2.32. The van der Waals surface area contributed by atoms with Crippen molar-refractivity contribution in [3.05, 3.63) is 29.8 Å². The fourth-order valence-corrected chi connectivity index (χ4v) is 2.69. The first kappa shape index (κ1) is 19.4. The van der Waals surface area contributed by atoms with Gasteiger partial charge in [0.25, 0.3) is 0 Å². The Bertz CT molecular complexity index is 573. The maximum atomic E-state index is 12.5. The van der Waals surface area contributed by atoms with Crippen LogP contribution >= 0.6 is 0 Å². The summed E-state index contributed by atoms with van der Waals surface area (Å²) in [5, 5.41) is 3.17. The van der Waals surface area contributed by atoms with Crippen molar-refractivity contribution >= 4 is 5.96 Å². The van der Waals surface area contributed by atoms with E-state index in [0.29, 0.717) is 24.0 Å². The van der Waals surface area contributed by atoms with E-state index in [-0.39, 0.29) is 12.3 Å². The van der Waals surface area contributed by atoms with Gasteiger partial charge in [0.1, 0.15) is 5.75 Å². The van der Waals surface area contributed by atoms with Crippen LogP contribution in [0.4, 0.5) is 13.2 Å². The lowest BCUT2D eigenvalue weighted by atomic mass is 10.1. The summed E-state index contributed by atoms with van der Waals surface area (Å²) in [4.78, 5) is 6.44. The Balaban J connectivity index is 2.07. The summed E-state index contributed by atoms with van der Waals surface area (Å²) in [6, 6.07) is 6.05. The Kier molecular flexibility index (Phi) is 6.92. The molecule has 1 unspecified atom stereocenters. The quantitative estimate of drug-likeness (QED) is 0.627. The molecular formula is C17H24F3N3O2. The number of aliphatic imine (C=N–C) groups is 1. The van der Waals surface area contributed by atoms with Crippen LogP contribution in [-0.2, 0) is 11.3 Å². The molecule has 1 aliphatic heterocycles. The number of hydrogen-bond donors (Lipinski definition) is 1. The Labute approximate surface area is 145 Å². The lowest BCUT2D eigenvalue weighted by Gasteiger charge is -2.24. The molecule has 0 amide bonds. The number of nitrogens with one attached hydrogen (secondary N) is 1. The monoisotopic (exact) mass is 359 g/mol. The Morgan fingerprint density at radius 1 is 1.40 bits per heavy atom. The average Bonchev–Trinajstić information content (AvgIpc) is 3.04. The van der Waals surface area contributed by atoms with E-state index >= 15 is 0 Å². The minimum atomic E-state index is -4.72. The number of para-hydroxylation sites is 1. The van der Waals surface area contributed by atoms with E-state index in [9.17, 15) is 13.2 Å². The van der Waals surface area contributed by atoms with Crippen molar-refractivity contribution in [1.82, 2.24) is 10.2 Å². The first-order chi connectivity index (χ1) is 11.9. The van der Waals surface area contributed by atoms with Gasteiger partial charge in [0, 0.05) is 38.2 Å². The molecule has 1 heterocycles. The smallest absolute Gasteiger partial charge is 0.405 e. The van der Waals surface area contributed by atoms with Crippen LogP contribution in [0.15, 0.2) is 29.3 Å². The molecule has 1 aromatic rings. The molecule has 2 rings (SSSR count). The van der Waals surface area contributed by atoms with Gasteiger partial charge in [0.05, 0.1) is 13.2 Å². The summed E-state index contributed by atoms with van der Waals surface area (Å²) in [6.45, 7) is 5.00. The minimum Gasteiger partial charge on any atom is -0.405 e. The van der Waals surface area contributed by atoms with Crippen LogP contribution in [0, 0.1) is 5.92 Å². The van der Waals surface area contributed by atoms with Gasteiger partial charge < -0.3 is 19.7 Å². The van der Waals surface area contributed by atoms with Crippen molar-refractivity contribution in [1.29, 1.82) is 0 Å². The molecule has 1 fully saturated rings. The zero-order valence-electron chi connectivity index (χ0n) is 14.5. The molecule has 1 aliphatic rings.